The van der Waals surface area contributed by atoms with Gasteiger partial charge in [0.2, 0.25) is 0 Å². The second-order valence-electron chi connectivity index (χ2n) is 9.91. The average molecular weight is 661 g/mol. The van der Waals surface area contributed by atoms with Gasteiger partial charge in [0.25, 0.3) is 0 Å². The Morgan fingerprint density at radius 2 is 1.71 bits per heavy atom. The molecule has 2 aliphatic carbocycles. The molecule has 0 N–H and O–H groups in total. The molecule has 1 saturated carbocycles. The zero-order chi connectivity index (χ0) is 22.3. The Labute approximate surface area is 219 Å². The van der Waals surface area contributed by atoms with Crippen LogP contribution in [0.2, 0.25) is 0 Å². The molecular weight excluding hydrogens is 628 g/mol. The lowest BCUT2D eigenvalue weighted by Gasteiger charge is -2.48. The van der Waals surface area contributed by atoms with E-state index in [0.717, 1.165) is 12.8 Å². The van der Waals surface area contributed by atoms with Gasteiger partial charge in [-0.25, -0.2) is 0 Å². The number of halogens is 2. The monoisotopic (exact) mass is 661 g/mol. The predicted octanol–water partition coefficient (Wildman–Crippen LogP) is 8.91. The highest BCUT2D eigenvalue weighted by molar-refractivity contribution is 14.1. The summed E-state index contributed by atoms with van der Waals surface area (Å²) in [5.74, 6) is 0.960. The first-order valence-corrected chi connectivity index (χ1v) is 14.9. The Kier molecular flexibility index (Phi) is 7.66. The van der Waals surface area contributed by atoms with Crippen molar-refractivity contribution in [2.75, 3.05) is 6.26 Å². The van der Waals surface area contributed by atoms with E-state index < -0.39 is 0 Å². The van der Waals surface area contributed by atoms with Crippen LogP contribution in [0.1, 0.15) is 109 Å². The number of aromatic nitrogens is 1. The largest absolute Gasteiger partial charge is 0.307 e. The van der Waals surface area contributed by atoms with E-state index in [4.69, 9.17) is 9.17 Å². The molecule has 1 heterocycles. The van der Waals surface area contributed by atoms with Gasteiger partial charge in [-0.2, -0.15) is 0 Å². The first-order chi connectivity index (χ1) is 14.8. The molecule has 5 heteroatoms. The number of fused-ring (bicyclic) bond motifs is 1. The summed E-state index contributed by atoms with van der Waals surface area (Å²) in [6.07, 6.45) is 8.49. The average Bonchev–Trinajstić information content (AvgIpc) is 2.71. The van der Waals surface area contributed by atoms with Gasteiger partial charge in [0.15, 0.2) is 0 Å². The van der Waals surface area contributed by atoms with E-state index in [0.29, 0.717) is 17.3 Å². The van der Waals surface area contributed by atoms with Gasteiger partial charge in [-0.1, -0.05) is 81.0 Å². The zero-order valence-corrected chi connectivity index (χ0v) is 24.3. The van der Waals surface area contributed by atoms with Crippen molar-refractivity contribution in [3.8, 4) is 0 Å². The molecule has 0 radical (unpaired) electrons. The van der Waals surface area contributed by atoms with Gasteiger partial charge >= 0.3 is 0 Å². The molecular formula is C26H33I2NOS. The van der Waals surface area contributed by atoms with Crippen LogP contribution >= 0.6 is 57.2 Å². The van der Waals surface area contributed by atoms with Crippen molar-refractivity contribution in [2.45, 2.75) is 81.7 Å². The molecule has 4 rings (SSSR count). The predicted molar refractivity (Wildman–Crippen MR) is 149 cm³/mol. The van der Waals surface area contributed by atoms with Crippen molar-refractivity contribution < 1.29 is 4.18 Å². The number of nitrogens with zero attached hydrogens (tertiary/aromatic N) is 1. The summed E-state index contributed by atoms with van der Waals surface area (Å²) in [5.41, 5.74) is 8.53. The number of pyridine rings is 1. The molecule has 0 bridgehead atoms. The van der Waals surface area contributed by atoms with Gasteiger partial charge in [-0.3, -0.25) is 4.98 Å². The van der Waals surface area contributed by atoms with E-state index in [1.165, 1.54) is 68.5 Å². The van der Waals surface area contributed by atoms with Crippen LogP contribution in [0.5, 0.6) is 0 Å². The fourth-order valence-electron chi connectivity index (χ4n) is 5.19. The molecule has 1 unspecified atom stereocenters. The number of rotatable bonds is 6. The lowest BCUT2D eigenvalue weighted by atomic mass is 9.59. The number of hydrogen-bond donors (Lipinski definition) is 0. The topological polar surface area (TPSA) is 22.1 Å². The summed E-state index contributed by atoms with van der Waals surface area (Å²) >= 11 is 6.74. The van der Waals surface area contributed by atoms with Gasteiger partial charge in [0, 0.05) is 32.3 Å². The minimum atomic E-state index is 0.158. The standard InChI is InChI=1S/C26H33I2NOS/c1-15(2)17-7-9-18(10-8-17)23(27)22-24(28)21-19(29-25(22)16(3)4)13-26(11-6-12-26)14-20(21)30-31-5/h7-10,15-16,20,23H,6,11-14H2,1-5H3/t20?,23-/m0/s1. The van der Waals surface area contributed by atoms with E-state index in [-0.39, 0.29) is 10.0 Å². The molecule has 1 aromatic heterocycles. The van der Waals surface area contributed by atoms with Gasteiger partial charge in [-0.15, -0.1) is 0 Å². The summed E-state index contributed by atoms with van der Waals surface area (Å²) in [6.45, 7) is 9.09. The smallest absolute Gasteiger partial charge is 0.100 e. The van der Waals surface area contributed by atoms with Crippen molar-refractivity contribution in [1.82, 2.24) is 4.98 Å². The van der Waals surface area contributed by atoms with Crippen LogP contribution in [0.15, 0.2) is 24.3 Å². The second kappa shape index (κ2) is 9.79. The molecule has 0 aliphatic heterocycles. The first kappa shape index (κ1) is 24.3. The molecule has 1 fully saturated rings. The SMILES string of the molecule is CSOC1CC2(CCC2)Cc2nc(C(C)C)c([C@@H](I)c3ccc(C(C)C)cc3)c(I)c21. The Balaban J connectivity index is 1.81. The third-order valence-corrected chi connectivity index (χ3v) is 10.0. The normalized spacial score (nSPS) is 20.7. The third-order valence-electron chi connectivity index (χ3n) is 7.12. The lowest BCUT2D eigenvalue weighted by molar-refractivity contribution is 0.0448. The Hall–Kier alpha value is 0.140. The highest BCUT2D eigenvalue weighted by atomic mass is 127. The summed E-state index contributed by atoms with van der Waals surface area (Å²) in [5, 5.41) is 0. The first-order valence-electron chi connectivity index (χ1n) is 11.4. The molecule has 2 aromatic rings. The molecule has 1 aromatic carbocycles. The van der Waals surface area contributed by atoms with E-state index >= 15 is 0 Å². The van der Waals surface area contributed by atoms with Crippen LogP contribution in [0, 0.1) is 8.99 Å². The van der Waals surface area contributed by atoms with Crippen molar-refractivity contribution in [1.29, 1.82) is 0 Å². The fourth-order valence-corrected chi connectivity index (χ4v) is 8.47. The fraction of sp³-hybridized carbons (Fsp3) is 0.577. The second-order valence-corrected chi connectivity index (χ2v) is 12.8. The minimum Gasteiger partial charge on any atom is -0.307 e. The van der Waals surface area contributed by atoms with Crippen LogP contribution in [0.4, 0.5) is 0 Å². The maximum absolute atomic E-state index is 6.27. The molecule has 31 heavy (non-hydrogen) atoms. The van der Waals surface area contributed by atoms with Crippen molar-refractivity contribution in [3.63, 3.8) is 0 Å². The van der Waals surface area contributed by atoms with Gasteiger partial charge in [0.05, 0.1) is 3.92 Å². The summed E-state index contributed by atoms with van der Waals surface area (Å²) in [7, 11) is 0. The molecule has 1 spiro atoms. The van der Waals surface area contributed by atoms with Crippen LogP contribution in [0.3, 0.4) is 0 Å². The maximum Gasteiger partial charge on any atom is 0.100 e. The van der Waals surface area contributed by atoms with E-state index in [2.05, 4.69) is 97.1 Å². The molecule has 2 nitrogen and oxygen atoms in total. The van der Waals surface area contributed by atoms with E-state index in [9.17, 15) is 0 Å². The molecule has 0 amide bonds. The third kappa shape index (κ3) is 4.72. The molecule has 2 aliphatic rings. The Bertz CT molecular complexity index is 937. The van der Waals surface area contributed by atoms with Gasteiger partial charge in [0.1, 0.15) is 6.10 Å². The summed E-state index contributed by atoms with van der Waals surface area (Å²) < 4.78 is 7.94. The number of benzene rings is 1. The van der Waals surface area contributed by atoms with E-state index in [1.54, 1.807) is 0 Å². The van der Waals surface area contributed by atoms with Crippen molar-refractivity contribution >= 4 is 57.2 Å². The van der Waals surface area contributed by atoms with Gasteiger partial charge < -0.3 is 4.18 Å². The van der Waals surface area contributed by atoms with Crippen molar-refractivity contribution in [3.05, 3.63) is 61.5 Å². The summed E-state index contributed by atoms with van der Waals surface area (Å²) in [4.78, 5) is 5.38. The molecule has 0 saturated heterocycles. The summed E-state index contributed by atoms with van der Waals surface area (Å²) in [6, 6.07) is 9.20. The van der Waals surface area contributed by atoms with Crippen LogP contribution in [0.25, 0.3) is 0 Å². The van der Waals surface area contributed by atoms with Crippen LogP contribution in [-0.2, 0) is 10.6 Å². The highest BCUT2D eigenvalue weighted by Crippen LogP contribution is 2.56. The molecule has 168 valence electrons. The Morgan fingerprint density at radius 1 is 1.06 bits per heavy atom. The Morgan fingerprint density at radius 3 is 2.23 bits per heavy atom. The van der Waals surface area contributed by atoms with Crippen molar-refractivity contribution in [2.24, 2.45) is 5.41 Å². The maximum atomic E-state index is 6.27. The van der Waals surface area contributed by atoms with E-state index in [1.807, 2.05) is 6.26 Å². The van der Waals surface area contributed by atoms with Gasteiger partial charge in [-0.05, 0) is 88.7 Å². The quantitative estimate of drug-likeness (QED) is 0.176. The van der Waals surface area contributed by atoms with Crippen LogP contribution in [-0.4, -0.2) is 11.2 Å². The number of hydrogen-bond acceptors (Lipinski definition) is 3. The zero-order valence-electron chi connectivity index (χ0n) is 19.2. The number of alkyl halides is 1. The lowest BCUT2D eigenvalue weighted by Crippen LogP contribution is -2.39. The minimum absolute atomic E-state index is 0.158. The molecule has 2 atom stereocenters. The highest BCUT2D eigenvalue weighted by Gasteiger charge is 2.46. The van der Waals surface area contributed by atoms with Crippen LogP contribution < -0.4 is 0 Å².